The molecule has 3 rings (SSSR count). The van der Waals surface area contributed by atoms with Crippen molar-refractivity contribution in [1.82, 2.24) is 10.7 Å². The summed E-state index contributed by atoms with van der Waals surface area (Å²) in [5.41, 5.74) is 3.94. The summed E-state index contributed by atoms with van der Waals surface area (Å²) in [6.45, 7) is 0.376. The van der Waals surface area contributed by atoms with Gasteiger partial charge >= 0.3 is 5.97 Å². The Hall–Kier alpha value is -4.86. The van der Waals surface area contributed by atoms with Crippen molar-refractivity contribution < 1.29 is 33.3 Å². The molecule has 0 fully saturated rings. The molecule has 0 aliphatic carbocycles. The number of methoxy groups -OCH3 is 3. The summed E-state index contributed by atoms with van der Waals surface area (Å²) < 4.78 is 21.2. The molecule has 10 heteroatoms. The third-order valence-corrected chi connectivity index (χ3v) is 5.30. The van der Waals surface area contributed by atoms with Crippen LogP contribution in [0, 0.1) is 0 Å². The maximum absolute atomic E-state index is 12.6. The van der Waals surface area contributed by atoms with Crippen molar-refractivity contribution in [2.24, 2.45) is 5.10 Å². The Labute approximate surface area is 220 Å². The molecule has 3 aromatic carbocycles. The highest BCUT2D eigenvalue weighted by atomic mass is 16.5. The standard InChI is InChI=1S/C28H29N3O7/c1-35-23-16-21(17-24(36-2)26(23)37-3)28(34)38-22-13-11-19(12-14-22)18-30-31-25(32)10-7-15-29-27(33)20-8-5-4-6-9-20/h4-6,8-9,11-14,16-18H,7,10,15H2,1-3H3,(H,29,33)(H,31,32)/b30-18+. The second-order valence-electron chi connectivity index (χ2n) is 7.89. The van der Waals surface area contributed by atoms with E-state index in [4.69, 9.17) is 18.9 Å². The maximum Gasteiger partial charge on any atom is 0.343 e. The van der Waals surface area contributed by atoms with E-state index in [1.807, 2.05) is 6.07 Å². The number of benzene rings is 3. The molecule has 3 aromatic rings. The number of nitrogens with one attached hydrogen (secondary N) is 2. The number of hydrogen-bond acceptors (Lipinski definition) is 8. The van der Waals surface area contributed by atoms with Crippen molar-refractivity contribution in [3.8, 4) is 23.0 Å². The molecule has 0 unspecified atom stereocenters. The van der Waals surface area contributed by atoms with E-state index in [2.05, 4.69) is 15.8 Å². The van der Waals surface area contributed by atoms with Gasteiger partial charge in [0, 0.05) is 18.5 Å². The van der Waals surface area contributed by atoms with Gasteiger partial charge in [-0.3, -0.25) is 9.59 Å². The number of hydrogen-bond donors (Lipinski definition) is 2. The predicted octanol–water partition coefficient (Wildman–Crippen LogP) is 3.59. The minimum Gasteiger partial charge on any atom is -0.493 e. The van der Waals surface area contributed by atoms with Crippen molar-refractivity contribution in [1.29, 1.82) is 0 Å². The molecule has 0 aliphatic heterocycles. The van der Waals surface area contributed by atoms with Crippen LogP contribution in [0.4, 0.5) is 0 Å². The van der Waals surface area contributed by atoms with Crippen LogP contribution in [0.1, 0.15) is 39.1 Å². The van der Waals surface area contributed by atoms with Gasteiger partial charge in [-0.25, -0.2) is 10.2 Å². The van der Waals surface area contributed by atoms with Crippen LogP contribution in [-0.4, -0.2) is 51.9 Å². The molecule has 0 spiro atoms. The minimum atomic E-state index is -0.599. The van der Waals surface area contributed by atoms with Crippen LogP contribution in [0.3, 0.4) is 0 Å². The molecule has 0 radical (unpaired) electrons. The van der Waals surface area contributed by atoms with Gasteiger partial charge in [-0.05, 0) is 60.5 Å². The number of amides is 2. The number of rotatable bonds is 12. The number of carbonyl (C=O) groups excluding carboxylic acids is 3. The third kappa shape index (κ3) is 7.82. The SMILES string of the molecule is COc1cc(C(=O)Oc2ccc(/C=N/NC(=O)CCCNC(=O)c3ccccc3)cc2)cc(OC)c1OC. The fourth-order valence-corrected chi connectivity index (χ4v) is 3.36. The van der Waals surface area contributed by atoms with E-state index in [9.17, 15) is 14.4 Å². The molecule has 0 saturated heterocycles. The molecule has 10 nitrogen and oxygen atoms in total. The summed E-state index contributed by atoms with van der Waals surface area (Å²) in [7, 11) is 4.40. The molecule has 0 aromatic heterocycles. The summed E-state index contributed by atoms with van der Waals surface area (Å²) in [4.78, 5) is 36.6. The van der Waals surface area contributed by atoms with E-state index in [1.54, 1.807) is 48.5 Å². The molecular weight excluding hydrogens is 490 g/mol. The average molecular weight is 520 g/mol. The molecule has 2 N–H and O–H groups in total. The Morgan fingerprint density at radius 2 is 1.50 bits per heavy atom. The third-order valence-electron chi connectivity index (χ3n) is 5.30. The normalized spacial score (nSPS) is 10.5. The Morgan fingerprint density at radius 1 is 0.842 bits per heavy atom. The zero-order chi connectivity index (χ0) is 27.3. The first-order chi connectivity index (χ1) is 18.4. The van der Waals surface area contributed by atoms with E-state index >= 15 is 0 Å². The van der Waals surface area contributed by atoms with Crippen LogP contribution in [0.2, 0.25) is 0 Å². The minimum absolute atomic E-state index is 0.179. The molecular formula is C28H29N3O7. The van der Waals surface area contributed by atoms with E-state index in [-0.39, 0.29) is 23.8 Å². The lowest BCUT2D eigenvalue weighted by molar-refractivity contribution is -0.121. The van der Waals surface area contributed by atoms with Crippen LogP contribution in [0.15, 0.2) is 71.8 Å². The van der Waals surface area contributed by atoms with Gasteiger partial charge in [-0.2, -0.15) is 5.10 Å². The monoisotopic (exact) mass is 519 g/mol. The topological polar surface area (TPSA) is 125 Å². The maximum atomic E-state index is 12.6. The number of ether oxygens (including phenoxy) is 4. The fourth-order valence-electron chi connectivity index (χ4n) is 3.36. The first kappa shape index (κ1) is 27.7. The molecule has 0 atom stereocenters. The van der Waals surface area contributed by atoms with E-state index in [0.717, 1.165) is 0 Å². The Bertz CT molecular complexity index is 1250. The summed E-state index contributed by atoms with van der Waals surface area (Å²) in [5, 5.41) is 6.71. The van der Waals surface area contributed by atoms with Crippen LogP contribution >= 0.6 is 0 Å². The van der Waals surface area contributed by atoms with Gasteiger partial charge in [0.2, 0.25) is 11.7 Å². The van der Waals surface area contributed by atoms with Crippen molar-refractivity contribution >= 4 is 24.0 Å². The lowest BCUT2D eigenvalue weighted by atomic mass is 10.2. The quantitative estimate of drug-likeness (QED) is 0.123. The van der Waals surface area contributed by atoms with E-state index in [0.29, 0.717) is 47.1 Å². The Balaban J connectivity index is 1.44. The second kappa shape index (κ2) is 14.0. The predicted molar refractivity (Wildman–Crippen MR) is 141 cm³/mol. The van der Waals surface area contributed by atoms with Crippen molar-refractivity contribution in [2.75, 3.05) is 27.9 Å². The zero-order valence-corrected chi connectivity index (χ0v) is 21.4. The molecule has 0 heterocycles. The van der Waals surface area contributed by atoms with Gasteiger partial charge < -0.3 is 24.3 Å². The Morgan fingerprint density at radius 3 is 2.11 bits per heavy atom. The van der Waals surface area contributed by atoms with Gasteiger partial charge in [0.25, 0.3) is 5.91 Å². The summed E-state index contributed by atoms with van der Waals surface area (Å²) >= 11 is 0. The van der Waals surface area contributed by atoms with Crippen LogP contribution in [-0.2, 0) is 4.79 Å². The highest BCUT2D eigenvalue weighted by Gasteiger charge is 2.18. The molecule has 0 bridgehead atoms. The second-order valence-corrected chi connectivity index (χ2v) is 7.89. The largest absolute Gasteiger partial charge is 0.493 e. The van der Waals surface area contributed by atoms with Crippen LogP contribution in [0.25, 0.3) is 0 Å². The zero-order valence-electron chi connectivity index (χ0n) is 21.4. The summed E-state index contributed by atoms with van der Waals surface area (Å²) in [6, 6.07) is 18.5. The number of nitrogens with zero attached hydrogens (tertiary/aromatic N) is 1. The van der Waals surface area contributed by atoms with Crippen LogP contribution in [0.5, 0.6) is 23.0 Å². The van der Waals surface area contributed by atoms with Crippen molar-refractivity contribution in [3.05, 3.63) is 83.4 Å². The smallest absolute Gasteiger partial charge is 0.343 e. The van der Waals surface area contributed by atoms with Crippen molar-refractivity contribution in [3.63, 3.8) is 0 Å². The highest BCUT2D eigenvalue weighted by molar-refractivity contribution is 5.94. The van der Waals surface area contributed by atoms with Gasteiger partial charge in [0.1, 0.15) is 5.75 Å². The number of esters is 1. The number of carbonyl (C=O) groups is 3. The number of hydrazone groups is 1. The van der Waals surface area contributed by atoms with E-state index < -0.39 is 5.97 Å². The molecule has 38 heavy (non-hydrogen) atoms. The Kier molecular flexibility index (Phi) is 10.2. The lowest BCUT2D eigenvalue weighted by Crippen LogP contribution is -2.26. The van der Waals surface area contributed by atoms with Crippen molar-refractivity contribution in [2.45, 2.75) is 12.8 Å². The van der Waals surface area contributed by atoms with Crippen LogP contribution < -0.4 is 29.7 Å². The van der Waals surface area contributed by atoms with Gasteiger partial charge in [-0.1, -0.05) is 18.2 Å². The summed E-state index contributed by atoms with van der Waals surface area (Å²) in [6.07, 6.45) is 2.16. The highest BCUT2D eigenvalue weighted by Crippen LogP contribution is 2.38. The van der Waals surface area contributed by atoms with Gasteiger partial charge in [0.15, 0.2) is 11.5 Å². The van der Waals surface area contributed by atoms with Gasteiger partial charge in [0.05, 0.1) is 33.1 Å². The molecule has 198 valence electrons. The first-order valence-corrected chi connectivity index (χ1v) is 11.7. The average Bonchev–Trinajstić information content (AvgIpc) is 2.95. The lowest BCUT2D eigenvalue weighted by Gasteiger charge is -2.13. The fraction of sp³-hybridized carbons (Fsp3) is 0.214. The molecule has 0 aliphatic rings. The molecule has 2 amide bonds. The summed E-state index contributed by atoms with van der Waals surface area (Å²) in [5.74, 6) is 0.318. The first-order valence-electron chi connectivity index (χ1n) is 11.7. The van der Waals surface area contributed by atoms with Gasteiger partial charge in [-0.15, -0.1) is 0 Å². The van der Waals surface area contributed by atoms with E-state index in [1.165, 1.54) is 39.7 Å². The molecule has 0 saturated carbocycles.